The third kappa shape index (κ3) is 4.14. The summed E-state index contributed by atoms with van der Waals surface area (Å²) in [4.78, 5) is 17.1. The molecule has 23 heavy (non-hydrogen) atoms. The molecule has 1 fully saturated rings. The third-order valence-electron chi connectivity index (χ3n) is 4.97. The first kappa shape index (κ1) is 16.9. The molecule has 1 unspecified atom stereocenters. The van der Waals surface area contributed by atoms with Gasteiger partial charge < -0.3 is 15.4 Å². The van der Waals surface area contributed by atoms with Crippen molar-refractivity contribution in [3.8, 4) is 0 Å². The molecule has 4 nitrogen and oxygen atoms in total. The number of likely N-dealkylation sites (tertiary alicyclic amines) is 1. The van der Waals surface area contributed by atoms with Gasteiger partial charge in [-0.15, -0.1) is 11.3 Å². The maximum Gasteiger partial charge on any atom is 0.263 e. The average molecular weight is 337 g/mol. The normalized spacial score (nSPS) is 22.2. The van der Waals surface area contributed by atoms with Crippen LogP contribution in [0.5, 0.6) is 0 Å². The molecule has 2 aliphatic rings. The van der Waals surface area contributed by atoms with Crippen molar-refractivity contribution in [2.75, 3.05) is 26.2 Å². The number of ether oxygens (including phenoxy) is 1. The van der Waals surface area contributed by atoms with Crippen LogP contribution < -0.4 is 5.73 Å². The summed E-state index contributed by atoms with van der Waals surface area (Å²) >= 11 is 1.72. The highest BCUT2D eigenvalue weighted by atomic mass is 32.1. The summed E-state index contributed by atoms with van der Waals surface area (Å²) in [5.41, 5.74) is 6.90. The van der Waals surface area contributed by atoms with Gasteiger partial charge in [0, 0.05) is 24.6 Å². The van der Waals surface area contributed by atoms with Crippen LogP contribution in [0.15, 0.2) is 6.07 Å². The molecule has 0 spiro atoms. The quantitative estimate of drug-likeness (QED) is 0.841. The van der Waals surface area contributed by atoms with E-state index in [1.807, 2.05) is 4.90 Å². The summed E-state index contributed by atoms with van der Waals surface area (Å²) in [7, 11) is 0. The van der Waals surface area contributed by atoms with E-state index in [0.29, 0.717) is 12.6 Å². The monoisotopic (exact) mass is 336 g/mol. The van der Waals surface area contributed by atoms with E-state index in [-0.39, 0.29) is 5.91 Å². The van der Waals surface area contributed by atoms with Crippen LogP contribution in [0, 0.1) is 5.92 Å². The number of amides is 1. The van der Waals surface area contributed by atoms with E-state index in [9.17, 15) is 4.79 Å². The molecule has 2 N–H and O–H groups in total. The number of carbonyl (C=O) groups excluding carboxylic acids is 1. The maximum atomic E-state index is 12.7. The lowest BCUT2D eigenvalue weighted by molar-refractivity contribution is 0.00857. The second kappa shape index (κ2) is 7.77. The average Bonchev–Trinajstić information content (AvgIpc) is 2.98. The van der Waals surface area contributed by atoms with Gasteiger partial charge in [-0.2, -0.15) is 0 Å². The number of hydrogen-bond acceptors (Lipinski definition) is 4. The Hall–Kier alpha value is -0.910. The zero-order valence-electron chi connectivity index (χ0n) is 14.1. The van der Waals surface area contributed by atoms with Gasteiger partial charge in [0.1, 0.15) is 0 Å². The van der Waals surface area contributed by atoms with Gasteiger partial charge in [-0.05, 0) is 62.6 Å². The molecule has 1 saturated heterocycles. The SMILES string of the molecule is CC1CCc2sc(C(=O)N3CCC(OCCCN)CC3)cc2C1. The Bertz CT molecular complexity index is 535. The zero-order chi connectivity index (χ0) is 16.2. The summed E-state index contributed by atoms with van der Waals surface area (Å²) in [6.07, 6.45) is 6.63. The number of hydrogen-bond donors (Lipinski definition) is 1. The number of nitrogens with two attached hydrogens (primary N) is 1. The number of piperidine rings is 1. The molecule has 1 atom stereocenters. The van der Waals surface area contributed by atoms with E-state index in [1.165, 1.54) is 16.9 Å². The lowest BCUT2D eigenvalue weighted by Gasteiger charge is -2.31. The van der Waals surface area contributed by atoms with Gasteiger partial charge in [0.2, 0.25) is 0 Å². The Kier molecular flexibility index (Phi) is 5.72. The molecule has 0 radical (unpaired) electrons. The van der Waals surface area contributed by atoms with Crippen molar-refractivity contribution >= 4 is 17.2 Å². The summed E-state index contributed by atoms with van der Waals surface area (Å²) in [5, 5.41) is 0. The molecular formula is C18H28N2O2S. The Labute approximate surface area is 143 Å². The second-order valence-electron chi connectivity index (χ2n) is 6.91. The summed E-state index contributed by atoms with van der Waals surface area (Å²) < 4.78 is 5.82. The topological polar surface area (TPSA) is 55.6 Å². The van der Waals surface area contributed by atoms with E-state index in [1.54, 1.807) is 11.3 Å². The van der Waals surface area contributed by atoms with E-state index >= 15 is 0 Å². The predicted octanol–water partition coefficient (Wildman–Crippen LogP) is 2.84. The largest absolute Gasteiger partial charge is 0.378 e. The molecular weight excluding hydrogens is 308 g/mol. The van der Waals surface area contributed by atoms with Gasteiger partial charge in [-0.25, -0.2) is 0 Å². The Morgan fingerprint density at radius 3 is 2.91 bits per heavy atom. The summed E-state index contributed by atoms with van der Waals surface area (Å²) in [6, 6.07) is 2.15. The van der Waals surface area contributed by atoms with E-state index in [2.05, 4.69) is 13.0 Å². The minimum absolute atomic E-state index is 0.220. The lowest BCUT2D eigenvalue weighted by Crippen LogP contribution is -2.40. The highest BCUT2D eigenvalue weighted by Gasteiger charge is 2.27. The number of thiophene rings is 1. The molecule has 2 heterocycles. The van der Waals surface area contributed by atoms with Crippen LogP contribution in [-0.2, 0) is 17.6 Å². The fourth-order valence-electron chi connectivity index (χ4n) is 3.53. The van der Waals surface area contributed by atoms with Gasteiger partial charge >= 0.3 is 0 Å². The fourth-order valence-corrected chi connectivity index (χ4v) is 4.70. The van der Waals surface area contributed by atoms with Crippen molar-refractivity contribution < 1.29 is 9.53 Å². The molecule has 128 valence electrons. The number of aryl methyl sites for hydroxylation is 1. The lowest BCUT2D eigenvalue weighted by atomic mass is 9.90. The van der Waals surface area contributed by atoms with Crippen LogP contribution in [0.25, 0.3) is 0 Å². The van der Waals surface area contributed by atoms with Crippen LogP contribution in [0.2, 0.25) is 0 Å². The smallest absolute Gasteiger partial charge is 0.263 e. The molecule has 0 aromatic carbocycles. The maximum absolute atomic E-state index is 12.7. The minimum Gasteiger partial charge on any atom is -0.378 e. The van der Waals surface area contributed by atoms with Crippen LogP contribution in [0.1, 0.15) is 52.7 Å². The number of carbonyl (C=O) groups is 1. The predicted molar refractivity (Wildman–Crippen MR) is 94.1 cm³/mol. The van der Waals surface area contributed by atoms with Crippen molar-refractivity contribution in [2.24, 2.45) is 11.7 Å². The molecule has 0 bridgehead atoms. The minimum atomic E-state index is 0.220. The van der Waals surface area contributed by atoms with Crippen LogP contribution in [-0.4, -0.2) is 43.2 Å². The molecule has 1 aliphatic carbocycles. The molecule has 5 heteroatoms. The molecule has 0 saturated carbocycles. The van der Waals surface area contributed by atoms with Gasteiger partial charge in [0.05, 0.1) is 11.0 Å². The van der Waals surface area contributed by atoms with Crippen LogP contribution >= 0.6 is 11.3 Å². The van der Waals surface area contributed by atoms with Crippen LogP contribution in [0.4, 0.5) is 0 Å². The van der Waals surface area contributed by atoms with Crippen LogP contribution in [0.3, 0.4) is 0 Å². The highest BCUT2D eigenvalue weighted by molar-refractivity contribution is 7.14. The number of fused-ring (bicyclic) bond motifs is 1. The Balaban J connectivity index is 1.53. The van der Waals surface area contributed by atoms with Crippen molar-refractivity contribution in [2.45, 2.75) is 51.6 Å². The Morgan fingerprint density at radius 2 is 2.17 bits per heavy atom. The van der Waals surface area contributed by atoms with Crippen molar-refractivity contribution in [3.05, 3.63) is 21.4 Å². The molecule has 3 rings (SSSR count). The van der Waals surface area contributed by atoms with Gasteiger partial charge in [0.25, 0.3) is 5.91 Å². The van der Waals surface area contributed by atoms with E-state index < -0.39 is 0 Å². The van der Waals surface area contributed by atoms with E-state index in [4.69, 9.17) is 10.5 Å². The molecule has 1 aliphatic heterocycles. The van der Waals surface area contributed by atoms with Gasteiger partial charge in [-0.1, -0.05) is 6.92 Å². The van der Waals surface area contributed by atoms with Gasteiger partial charge in [-0.3, -0.25) is 4.79 Å². The van der Waals surface area contributed by atoms with Crippen molar-refractivity contribution in [3.63, 3.8) is 0 Å². The van der Waals surface area contributed by atoms with Gasteiger partial charge in [0.15, 0.2) is 0 Å². The second-order valence-corrected chi connectivity index (χ2v) is 8.05. The van der Waals surface area contributed by atoms with Crippen molar-refractivity contribution in [1.82, 2.24) is 4.90 Å². The molecule has 1 amide bonds. The zero-order valence-corrected chi connectivity index (χ0v) is 14.9. The highest BCUT2D eigenvalue weighted by Crippen LogP contribution is 2.33. The standard InChI is InChI=1S/C18H28N2O2S/c1-13-3-4-16-14(11-13)12-17(23-16)18(21)20-8-5-15(6-9-20)22-10-2-7-19/h12-13,15H,2-11,19H2,1H3. The first-order valence-corrected chi connectivity index (χ1v) is 9.71. The van der Waals surface area contributed by atoms with E-state index in [0.717, 1.165) is 62.6 Å². The first-order valence-electron chi connectivity index (χ1n) is 8.90. The van der Waals surface area contributed by atoms with Crippen molar-refractivity contribution in [1.29, 1.82) is 0 Å². The number of rotatable bonds is 5. The third-order valence-corrected chi connectivity index (χ3v) is 6.20. The molecule has 1 aromatic heterocycles. The first-order chi connectivity index (χ1) is 11.2. The summed E-state index contributed by atoms with van der Waals surface area (Å²) in [5.74, 6) is 0.971. The molecule has 1 aromatic rings. The Morgan fingerprint density at radius 1 is 1.39 bits per heavy atom. The summed E-state index contributed by atoms with van der Waals surface area (Å²) in [6.45, 7) is 5.34. The fraction of sp³-hybridized carbons (Fsp3) is 0.722. The number of nitrogens with zero attached hydrogens (tertiary/aromatic N) is 1.